The summed E-state index contributed by atoms with van der Waals surface area (Å²) in [5, 5.41) is 2.52. The molecule has 7 nitrogen and oxygen atoms in total. The van der Waals surface area contributed by atoms with Crippen LogP contribution in [0.3, 0.4) is 0 Å². The van der Waals surface area contributed by atoms with Crippen molar-refractivity contribution in [1.82, 2.24) is 20.3 Å². The summed E-state index contributed by atoms with van der Waals surface area (Å²) in [6, 6.07) is 4.71. The first-order valence-corrected chi connectivity index (χ1v) is 11.3. The van der Waals surface area contributed by atoms with Crippen LogP contribution in [0.15, 0.2) is 47.5 Å². The number of aromatic amines is 1. The Labute approximate surface area is 210 Å². The molecule has 1 aromatic carbocycles. The predicted molar refractivity (Wildman–Crippen MR) is 121 cm³/mol. The molecule has 1 fully saturated rings. The SMILES string of the molecule is O=C(NCc1ccc(C(F)(F)F)c(-c2nccc(=O)[nH]2)c1F)C1CCN(c2ccc(C(F)(F)F)cn2)CC1. The first kappa shape index (κ1) is 27.1. The zero-order chi connectivity index (χ0) is 27.7. The number of amides is 1. The van der Waals surface area contributed by atoms with E-state index in [1.54, 1.807) is 4.90 Å². The normalized spacial score (nSPS) is 15.0. The number of anilines is 1. The molecule has 1 aliphatic heterocycles. The zero-order valence-corrected chi connectivity index (χ0v) is 19.5. The number of aromatic nitrogens is 3. The minimum atomic E-state index is -4.93. The van der Waals surface area contributed by atoms with Crippen LogP contribution in [0, 0.1) is 11.7 Å². The third kappa shape index (κ3) is 5.94. The molecule has 3 aromatic rings. The van der Waals surface area contributed by atoms with Gasteiger partial charge in [0.1, 0.15) is 17.5 Å². The Hall–Kier alpha value is -3.97. The van der Waals surface area contributed by atoms with Gasteiger partial charge in [-0.2, -0.15) is 26.3 Å². The molecule has 202 valence electrons. The van der Waals surface area contributed by atoms with Gasteiger partial charge in [0.05, 0.1) is 16.7 Å². The van der Waals surface area contributed by atoms with Gasteiger partial charge in [0.15, 0.2) is 0 Å². The number of pyridine rings is 1. The maximum atomic E-state index is 15.2. The standard InChI is InChI=1S/C24H20F7N5O2/c25-20-14(1-3-16(24(29,30)31)19(20)21-32-8-5-18(37)35-21)11-34-22(38)13-6-9-36(10-7-13)17-4-2-15(12-33-17)23(26,27)28/h1-5,8,12-13H,6-7,9-11H2,(H,34,38)(H,32,35,37). The second-order valence-electron chi connectivity index (χ2n) is 8.62. The maximum Gasteiger partial charge on any atom is 0.417 e. The molecular formula is C24H20F7N5O2. The molecule has 2 aromatic heterocycles. The fraction of sp³-hybridized carbons (Fsp3) is 0.333. The molecule has 0 bridgehead atoms. The Morgan fingerprint density at radius 3 is 2.29 bits per heavy atom. The molecule has 0 radical (unpaired) electrons. The summed E-state index contributed by atoms with van der Waals surface area (Å²) < 4.78 is 94.0. The first-order chi connectivity index (χ1) is 17.8. The van der Waals surface area contributed by atoms with Gasteiger partial charge in [-0.15, -0.1) is 0 Å². The van der Waals surface area contributed by atoms with E-state index in [0.29, 0.717) is 37.8 Å². The van der Waals surface area contributed by atoms with Crippen LogP contribution in [0.5, 0.6) is 0 Å². The zero-order valence-electron chi connectivity index (χ0n) is 19.5. The summed E-state index contributed by atoms with van der Waals surface area (Å²) in [6.45, 7) is 0.262. The molecule has 1 saturated heterocycles. The van der Waals surface area contributed by atoms with Crippen LogP contribution in [0.2, 0.25) is 0 Å². The maximum absolute atomic E-state index is 15.2. The number of hydrogen-bond donors (Lipinski definition) is 2. The van der Waals surface area contributed by atoms with Gasteiger partial charge in [-0.05, 0) is 31.0 Å². The Morgan fingerprint density at radius 1 is 1.00 bits per heavy atom. The highest BCUT2D eigenvalue weighted by molar-refractivity contribution is 5.79. The molecule has 14 heteroatoms. The van der Waals surface area contributed by atoms with Gasteiger partial charge in [-0.1, -0.05) is 6.07 Å². The smallest absolute Gasteiger partial charge is 0.357 e. The predicted octanol–water partition coefficient (Wildman–Crippen LogP) is 4.54. The van der Waals surface area contributed by atoms with Crippen LogP contribution in [0.4, 0.5) is 36.6 Å². The summed E-state index contributed by atoms with van der Waals surface area (Å²) in [7, 11) is 0. The van der Waals surface area contributed by atoms with Gasteiger partial charge >= 0.3 is 12.4 Å². The van der Waals surface area contributed by atoms with Gasteiger partial charge in [0.25, 0.3) is 5.56 Å². The van der Waals surface area contributed by atoms with Gasteiger partial charge in [-0.25, -0.2) is 14.4 Å². The third-order valence-corrected chi connectivity index (χ3v) is 6.15. The van der Waals surface area contributed by atoms with E-state index in [0.717, 1.165) is 30.6 Å². The van der Waals surface area contributed by atoms with Crippen LogP contribution in [-0.4, -0.2) is 33.9 Å². The van der Waals surface area contributed by atoms with E-state index in [1.807, 2.05) is 0 Å². The summed E-state index contributed by atoms with van der Waals surface area (Å²) in [6.07, 6.45) is -7.06. The number of nitrogens with zero attached hydrogens (tertiary/aromatic N) is 3. The van der Waals surface area contributed by atoms with Crippen molar-refractivity contribution < 1.29 is 35.5 Å². The number of carbonyl (C=O) groups excluding carboxylic acids is 1. The number of nitrogens with one attached hydrogen (secondary N) is 2. The Bertz CT molecular complexity index is 1360. The number of H-pyrrole nitrogens is 1. The minimum Gasteiger partial charge on any atom is -0.357 e. The number of carbonyl (C=O) groups is 1. The number of hydrogen-bond acceptors (Lipinski definition) is 5. The Morgan fingerprint density at radius 2 is 1.71 bits per heavy atom. The molecule has 0 atom stereocenters. The van der Waals surface area contributed by atoms with Crippen molar-refractivity contribution in [2.24, 2.45) is 5.92 Å². The third-order valence-electron chi connectivity index (χ3n) is 6.15. The topological polar surface area (TPSA) is 91.0 Å². The van der Waals surface area contributed by atoms with Crippen LogP contribution in [-0.2, 0) is 23.7 Å². The summed E-state index contributed by atoms with van der Waals surface area (Å²) in [5.41, 5.74) is -4.13. The van der Waals surface area contributed by atoms with Crippen LogP contribution >= 0.6 is 0 Å². The molecule has 1 amide bonds. The highest BCUT2D eigenvalue weighted by atomic mass is 19.4. The first-order valence-electron chi connectivity index (χ1n) is 11.3. The number of halogens is 7. The van der Waals surface area contributed by atoms with Crippen LogP contribution in [0.25, 0.3) is 11.4 Å². The molecule has 1 aliphatic rings. The van der Waals surface area contributed by atoms with E-state index in [9.17, 15) is 35.9 Å². The largest absolute Gasteiger partial charge is 0.417 e. The average molecular weight is 543 g/mol. The average Bonchev–Trinajstić information content (AvgIpc) is 2.86. The van der Waals surface area contributed by atoms with Crippen LogP contribution in [0.1, 0.15) is 29.5 Å². The molecule has 0 aliphatic carbocycles. The molecular weight excluding hydrogens is 523 g/mol. The fourth-order valence-electron chi connectivity index (χ4n) is 4.16. The second kappa shape index (κ2) is 10.4. The molecule has 4 rings (SSSR count). The second-order valence-corrected chi connectivity index (χ2v) is 8.62. The van der Waals surface area contributed by atoms with E-state index >= 15 is 4.39 Å². The lowest BCUT2D eigenvalue weighted by Gasteiger charge is -2.32. The lowest BCUT2D eigenvalue weighted by Crippen LogP contribution is -2.40. The summed E-state index contributed by atoms with van der Waals surface area (Å²) in [5.74, 6) is -2.48. The van der Waals surface area contributed by atoms with Crippen molar-refractivity contribution >= 4 is 11.7 Å². The number of piperidine rings is 1. The monoisotopic (exact) mass is 543 g/mol. The quantitative estimate of drug-likeness (QED) is 0.462. The number of rotatable bonds is 5. The molecule has 38 heavy (non-hydrogen) atoms. The highest BCUT2D eigenvalue weighted by Gasteiger charge is 2.37. The van der Waals surface area contributed by atoms with Crippen LogP contribution < -0.4 is 15.8 Å². The van der Waals surface area contributed by atoms with Gasteiger partial charge in [-0.3, -0.25) is 9.59 Å². The molecule has 0 spiro atoms. The summed E-state index contributed by atoms with van der Waals surface area (Å²) in [4.78, 5) is 35.6. The summed E-state index contributed by atoms with van der Waals surface area (Å²) >= 11 is 0. The van der Waals surface area contributed by atoms with Crippen molar-refractivity contribution in [1.29, 1.82) is 0 Å². The van der Waals surface area contributed by atoms with Crippen molar-refractivity contribution in [3.63, 3.8) is 0 Å². The lowest BCUT2D eigenvalue weighted by atomic mass is 9.95. The molecule has 2 N–H and O–H groups in total. The van der Waals surface area contributed by atoms with E-state index in [4.69, 9.17) is 0 Å². The van der Waals surface area contributed by atoms with E-state index < -0.39 is 64.6 Å². The highest BCUT2D eigenvalue weighted by Crippen LogP contribution is 2.38. The van der Waals surface area contributed by atoms with E-state index in [1.165, 1.54) is 6.07 Å². The Kier molecular flexibility index (Phi) is 7.42. The number of alkyl halides is 6. The fourth-order valence-corrected chi connectivity index (χ4v) is 4.16. The van der Waals surface area contributed by atoms with Crippen molar-refractivity contribution in [3.8, 4) is 11.4 Å². The van der Waals surface area contributed by atoms with Crippen molar-refractivity contribution in [2.45, 2.75) is 31.7 Å². The van der Waals surface area contributed by atoms with Gasteiger partial charge in [0, 0.05) is 49.6 Å². The molecule has 0 unspecified atom stereocenters. The van der Waals surface area contributed by atoms with E-state index in [-0.39, 0.29) is 5.56 Å². The lowest BCUT2D eigenvalue weighted by molar-refractivity contribution is -0.138. The van der Waals surface area contributed by atoms with Gasteiger partial charge in [0.2, 0.25) is 5.91 Å². The molecule has 3 heterocycles. The van der Waals surface area contributed by atoms with E-state index in [2.05, 4.69) is 20.3 Å². The Balaban J connectivity index is 1.42. The minimum absolute atomic E-state index is 0.237. The molecule has 0 saturated carbocycles. The number of benzene rings is 1. The van der Waals surface area contributed by atoms with Gasteiger partial charge < -0.3 is 15.2 Å². The van der Waals surface area contributed by atoms with Crippen molar-refractivity contribution in [3.05, 3.63) is 75.6 Å². The van der Waals surface area contributed by atoms with Crippen molar-refractivity contribution in [2.75, 3.05) is 18.0 Å².